The highest BCUT2D eigenvalue weighted by molar-refractivity contribution is 5.93. The van der Waals surface area contributed by atoms with Gasteiger partial charge in [0.2, 0.25) is 0 Å². The Hall–Kier alpha value is -3.35. The minimum atomic E-state index is -0.223. The van der Waals surface area contributed by atoms with Gasteiger partial charge in [-0.25, -0.2) is 4.98 Å². The molecule has 126 valence electrons. The Balaban J connectivity index is 1.38. The molecule has 0 radical (unpaired) electrons. The number of carbonyl (C=O) groups is 1. The van der Waals surface area contributed by atoms with Gasteiger partial charge in [-0.3, -0.25) is 9.89 Å². The van der Waals surface area contributed by atoms with Crippen LogP contribution in [0.15, 0.2) is 53.2 Å². The molecule has 0 atom stereocenters. The summed E-state index contributed by atoms with van der Waals surface area (Å²) in [6, 6.07) is 11.2. The Morgan fingerprint density at radius 3 is 3.08 bits per heavy atom. The first kappa shape index (κ1) is 15.2. The number of nitrogens with zero attached hydrogens (tertiary/aromatic N) is 3. The molecule has 0 saturated heterocycles. The van der Waals surface area contributed by atoms with Gasteiger partial charge in [0, 0.05) is 37.1 Å². The summed E-state index contributed by atoms with van der Waals surface area (Å²) in [7, 11) is 0. The molecule has 4 heterocycles. The first-order chi connectivity index (χ1) is 12.2. The van der Waals surface area contributed by atoms with Crippen LogP contribution in [0.4, 0.5) is 0 Å². The van der Waals surface area contributed by atoms with E-state index < -0.39 is 0 Å². The van der Waals surface area contributed by atoms with E-state index in [1.807, 2.05) is 54.0 Å². The SMILES string of the molecule is Cc1ccc(-c2cc(C(=O)NCCc3cnc4ccccn34)n[nH]2)o1. The molecular formula is C18H17N5O2. The smallest absolute Gasteiger partial charge is 0.271 e. The molecule has 0 aliphatic heterocycles. The molecule has 0 bridgehead atoms. The van der Waals surface area contributed by atoms with Gasteiger partial charge in [-0.05, 0) is 31.2 Å². The maximum atomic E-state index is 12.2. The fourth-order valence-electron chi connectivity index (χ4n) is 2.71. The van der Waals surface area contributed by atoms with Crippen molar-refractivity contribution in [3.05, 3.63) is 65.9 Å². The van der Waals surface area contributed by atoms with Gasteiger partial charge in [0.05, 0.1) is 0 Å². The molecule has 4 rings (SSSR count). The molecule has 7 heteroatoms. The highest BCUT2D eigenvalue weighted by Crippen LogP contribution is 2.20. The van der Waals surface area contributed by atoms with Gasteiger partial charge in [0.1, 0.15) is 17.1 Å². The predicted octanol–water partition coefficient (Wildman–Crippen LogP) is 2.60. The number of nitrogens with one attached hydrogen (secondary N) is 2. The van der Waals surface area contributed by atoms with E-state index in [2.05, 4.69) is 20.5 Å². The van der Waals surface area contributed by atoms with Crippen molar-refractivity contribution in [3.63, 3.8) is 0 Å². The number of imidazole rings is 1. The van der Waals surface area contributed by atoms with E-state index in [1.165, 1.54) is 0 Å². The highest BCUT2D eigenvalue weighted by Gasteiger charge is 2.13. The van der Waals surface area contributed by atoms with Crippen LogP contribution in [0.25, 0.3) is 17.1 Å². The number of fused-ring (bicyclic) bond motifs is 1. The molecular weight excluding hydrogens is 318 g/mol. The summed E-state index contributed by atoms with van der Waals surface area (Å²) in [5.41, 5.74) is 2.96. The Bertz CT molecular complexity index is 1030. The number of rotatable bonds is 5. The minimum absolute atomic E-state index is 0.223. The molecule has 0 unspecified atom stereocenters. The molecule has 0 spiro atoms. The maximum Gasteiger partial charge on any atom is 0.271 e. The molecule has 2 N–H and O–H groups in total. The van der Waals surface area contributed by atoms with Gasteiger partial charge in [-0.15, -0.1) is 0 Å². The first-order valence-corrected chi connectivity index (χ1v) is 8.02. The van der Waals surface area contributed by atoms with Crippen molar-refractivity contribution in [1.82, 2.24) is 24.9 Å². The van der Waals surface area contributed by atoms with Gasteiger partial charge in [0.25, 0.3) is 5.91 Å². The van der Waals surface area contributed by atoms with Crippen molar-refractivity contribution in [2.45, 2.75) is 13.3 Å². The second kappa shape index (κ2) is 6.27. The lowest BCUT2D eigenvalue weighted by Gasteiger charge is -2.03. The van der Waals surface area contributed by atoms with E-state index in [-0.39, 0.29) is 5.91 Å². The van der Waals surface area contributed by atoms with Crippen molar-refractivity contribution >= 4 is 11.6 Å². The van der Waals surface area contributed by atoms with Crippen molar-refractivity contribution in [1.29, 1.82) is 0 Å². The monoisotopic (exact) mass is 335 g/mol. The van der Waals surface area contributed by atoms with Crippen LogP contribution in [0.2, 0.25) is 0 Å². The molecule has 0 aliphatic rings. The van der Waals surface area contributed by atoms with Gasteiger partial charge >= 0.3 is 0 Å². The second-order valence-electron chi connectivity index (χ2n) is 5.76. The number of pyridine rings is 1. The lowest BCUT2D eigenvalue weighted by molar-refractivity contribution is 0.0949. The molecule has 0 aromatic carbocycles. The van der Waals surface area contributed by atoms with Gasteiger partial charge in [-0.2, -0.15) is 5.10 Å². The first-order valence-electron chi connectivity index (χ1n) is 8.02. The summed E-state index contributed by atoms with van der Waals surface area (Å²) in [6.45, 7) is 2.37. The molecule has 0 aliphatic carbocycles. The number of aromatic amines is 1. The van der Waals surface area contributed by atoms with Crippen molar-refractivity contribution in [2.24, 2.45) is 0 Å². The molecule has 0 fully saturated rings. The number of hydrogen-bond acceptors (Lipinski definition) is 4. The van der Waals surface area contributed by atoms with Gasteiger partial charge in [-0.1, -0.05) is 6.07 Å². The lowest BCUT2D eigenvalue weighted by Crippen LogP contribution is -2.26. The van der Waals surface area contributed by atoms with Crippen LogP contribution < -0.4 is 5.32 Å². The van der Waals surface area contributed by atoms with Crippen LogP contribution in [-0.4, -0.2) is 32.0 Å². The number of amides is 1. The fourth-order valence-corrected chi connectivity index (χ4v) is 2.71. The molecule has 4 aromatic rings. The maximum absolute atomic E-state index is 12.2. The number of hydrogen-bond donors (Lipinski definition) is 2. The van der Waals surface area contributed by atoms with Crippen molar-refractivity contribution in [2.75, 3.05) is 6.54 Å². The zero-order valence-corrected chi connectivity index (χ0v) is 13.7. The van der Waals surface area contributed by atoms with E-state index >= 15 is 0 Å². The summed E-state index contributed by atoms with van der Waals surface area (Å²) in [4.78, 5) is 16.6. The van der Waals surface area contributed by atoms with Gasteiger partial charge in [0.15, 0.2) is 11.5 Å². The van der Waals surface area contributed by atoms with E-state index in [4.69, 9.17) is 4.42 Å². The van der Waals surface area contributed by atoms with Crippen molar-refractivity contribution in [3.8, 4) is 11.5 Å². The number of furan rings is 1. The predicted molar refractivity (Wildman–Crippen MR) is 92.3 cm³/mol. The number of aromatic nitrogens is 4. The molecule has 4 aromatic heterocycles. The fraction of sp³-hybridized carbons (Fsp3) is 0.167. The van der Waals surface area contributed by atoms with Crippen LogP contribution in [0.1, 0.15) is 21.9 Å². The third-order valence-corrected chi connectivity index (χ3v) is 3.98. The molecule has 0 saturated carbocycles. The number of carbonyl (C=O) groups excluding carboxylic acids is 1. The van der Waals surface area contributed by atoms with Crippen LogP contribution in [0, 0.1) is 6.92 Å². The second-order valence-corrected chi connectivity index (χ2v) is 5.76. The zero-order chi connectivity index (χ0) is 17.2. The Morgan fingerprint density at radius 1 is 1.32 bits per heavy atom. The third-order valence-electron chi connectivity index (χ3n) is 3.98. The van der Waals surface area contributed by atoms with Crippen LogP contribution in [-0.2, 0) is 6.42 Å². The van der Waals surface area contributed by atoms with Crippen LogP contribution >= 0.6 is 0 Å². The Morgan fingerprint density at radius 2 is 2.24 bits per heavy atom. The average molecular weight is 335 g/mol. The molecule has 25 heavy (non-hydrogen) atoms. The molecule has 1 amide bonds. The minimum Gasteiger partial charge on any atom is -0.460 e. The van der Waals surface area contributed by atoms with Crippen LogP contribution in [0.3, 0.4) is 0 Å². The van der Waals surface area contributed by atoms with E-state index in [0.29, 0.717) is 30.1 Å². The standard InChI is InChI=1S/C18H17N5O2/c1-12-5-6-16(25-12)14-10-15(22-21-14)18(24)19-8-7-13-11-20-17-4-2-3-9-23(13)17/h2-6,9-11H,7-8H2,1H3,(H,19,24)(H,21,22). The average Bonchev–Trinajstić information content (AvgIpc) is 3.34. The van der Waals surface area contributed by atoms with E-state index in [1.54, 1.807) is 6.07 Å². The summed E-state index contributed by atoms with van der Waals surface area (Å²) < 4.78 is 7.53. The topological polar surface area (TPSA) is 88.2 Å². The quantitative estimate of drug-likeness (QED) is 0.587. The van der Waals surface area contributed by atoms with Crippen molar-refractivity contribution < 1.29 is 9.21 Å². The summed E-state index contributed by atoms with van der Waals surface area (Å²) in [5, 5.41) is 9.76. The number of H-pyrrole nitrogens is 1. The number of aryl methyl sites for hydroxylation is 1. The third kappa shape index (κ3) is 3.03. The Labute approximate surface area is 143 Å². The zero-order valence-electron chi connectivity index (χ0n) is 13.7. The largest absolute Gasteiger partial charge is 0.460 e. The van der Waals surface area contributed by atoms with Gasteiger partial charge < -0.3 is 14.1 Å². The summed E-state index contributed by atoms with van der Waals surface area (Å²) in [6.07, 6.45) is 4.48. The summed E-state index contributed by atoms with van der Waals surface area (Å²) in [5.74, 6) is 1.25. The highest BCUT2D eigenvalue weighted by atomic mass is 16.3. The lowest BCUT2D eigenvalue weighted by atomic mass is 10.3. The Kier molecular flexibility index (Phi) is 3.81. The summed E-state index contributed by atoms with van der Waals surface area (Å²) >= 11 is 0. The van der Waals surface area contributed by atoms with Crippen LogP contribution in [0.5, 0.6) is 0 Å². The molecule has 7 nitrogen and oxygen atoms in total. The van der Waals surface area contributed by atoms with E-state index in [0.717, 1.165) is 17.1 Å². The van der Waals surface area contributed by atoms with E-state index in [9.17, 15) is 4.79 Å². The normalized spacial score (nSPS) is 11.1.